The monoisotopic (exact) mass is 309 g/mol. The third-order valence-electron chi connectivity index (χ3n) is 3.10. The summed E-state index contributed by atoms with van der Waals surface area (Å²) in [4.78, 5) is 16.6. The Morgan fingerprint density at radius 1 is 1.43 bits per heavy atom. The second-order valence-electron chi connectivity index (χ2n) is 5.22. The highest BCUT2D eigenvalue weighted by molar-refractivity contribution is 6.20. The van der Waals surface area contributed by atoms with Gasteiger partial charge in [0.1, 0.15) is 23.6 Å². The van der Waals surface area contributed by atoms with Gasteiger partial charge in [0.25, 0.3) is 0 Å². The summed E-state index contributed by atoms with van der Waals surface area (Å²) < 4.78 is 7.17. The van der Waals surface area contributed by atoms with Gasteiger partial charge in [-0.1, -0.05) is 6.07 Å². The molecule has 1 atom stereocenters. The van der Waals surface area contributed by atoms with Crippen LogP contribution in [0.5, 0.6) is 5.75 Å². The van der Waals surface area contributed by atoms with Crippen molar-refractivity contribution in [2.75, 3.05) is 7.11 Å². The van der Waals surface area contributed by atoms with Gasteiger partial charge < -0.3 is 14.6 Å². The second-order valence-corrected chi connectivity index (χ2v) is 5.88. The van der Waals surface area contributed by atoms with E-state index < -0.39 is 0 Å². The number of fused-ring (bicyclic) bond motifs is 1. The molecule has 0 spiro atoms. The van der Waals surface area contributed by atoms with Gasteiger partial charge in [0, 0.05) is 6.04 Å². The van der Waals surface area contributed by atoms with Crippen molar-refractivity contribution in [1.82, 2.24) is 14.9 Å². The number of alkyl halides is 1. The predicted molar refractivity (Wildman–Crippen MR) is 83.8 cm³/mol. The van der Waals surface area contributed by atoms with E-state index in [2.05, 4.69) is 10.3 Å². The SMILES string of the molecule is COc1cccc2c1nc(C(C)Cl)n2CC(=O)NC(C)C. The summed E-state index contributed by atoms with van der Waals surface area (Å²) in [6, 6.07) is 5.73. The van der Waals surface area contributed by atoms with Gasteiger partial charge in [-0.15, -0.1) is 11.6 Å². The highest BCUT2D eigenvalue weighted by Crippen LogP contribution is 2.29. The molecule has 1 aromatic carbocycles. The van der Waals surface area contributed by atoms with Crippen LogP contribution in [0.1, 0.15) is 32.0 Å². The number of carbonyl (C=O) groups is 1. The largest absolute Gasteiger partial charge is 0.494 e. The number of carbonyl (C=O) groups excluding carboxylic acids is 1. The minimum atomic E-state index is -0.297. The number of imidazole rings is 1. The van der Waals surface area contributed by atoms with Crippen LogP contribution >= 0.6 is 11.6 Å². The molecule has 0 fully saturated rings. The maximum Gasteiger partial charge on any atom is 0.240 e. The van der Waals surface area contributed by atoms with E-state index in [-0.39, 0.29) is 23.9 Å². The van der Waals surface area contributed by atoms with Gasteiger partial charge in [0.15, 0.2) is 0 Å². The van der Waals surface area contributed by atoms with E-state index in [0.717, 1.165) is 11.0 Å². The molecule has 21 heavy (non-hydrogen) atoms. The van der Waals surface area contributed by atoms with E-state index in [9.17, 15) is 4.79 Å². The van der Waals surface area contributed by atoms with E-state index >= 15 is 0 Å². The third-order valence-corrected chi connectivity index (χ3v) is 3.29. The predicted octanol–water partition coefficient (Wildman–Crippen LogP) is 2.87. The molecule has 0 saturated carbocycles. The van der Waals surface area contributed by atoms with Crippen LogP contribution in [-0.2, 0) is 11.3 Å². The number of methoxy groups -OCH3 is 1. The van der Waals surface area contributed by atoms with E-state index in [4.69, 9.17) is 16.3 Å². The molecule has 6 heteroatoms. The average Bonchev–Trinajstić information content (AvgIpc) is 2.76. The van der Waals surface area contributed by atoms with E-state index in [0.29, 0.717) is 11.6 Å². The molecule has 1 heterocycles. The van der Waals surface area contributed by atoms with Crippen molar-refractivity contribution in [2.45, 2.75) is 38.7 Å². The molecule has 2 rings (SSSR count). The molecule has 0 aliphatic heterocycles. The number of hydrogen-bond donors (Lipinski definition) is 1. The normalized spacial score (nSPS) is 12.7. The fourth-order valence-corrected chi connectivity index (χ4v) is 2.45. The topological polar surface area (TPSA) is 56.2 Å². The Morgan fingerprint density at radius 3 is 2.71 bits per heavy atom. The van der Waals surface area contributed by atoms with Crippen LogP contribution < -0.4 is 10.1 Å². The number of nitrogens with one attached hydrogen (secondary N) is 1. The van der Waals surface area contributed by atoms with Gasteiger partial charge in [-0.2, -0.15) is 0 Å². The van der Waals surface area contributed by atoms with Crippen molar-refractivity contribution in [3.63, 3.8) is 0 Å². The summed E-state index contributed by atoms with van der Waals surface area (Å²) in [6.45, 7) is 5.89. The summed E-state index contributed by atoms with van der Waals surface area (Å²) in [5, 5.41) is 2.58. The standard InChI is InChI=1S/C15H20ClN3O2/c1-9(2)17-13(20)8-19-11-6-5-7-12(21-4)14(11)18-15(19)10(3)16/h5-7,9-10H,8H2,1-4H3,(H,17,20). The highest BCUT2D eigenvalue weighted by atomic mass is 35.5. The lowest BCUT2D eigenvalue weighted by Crippen LogP contribution is -2.33. The van der Waals surface area contributed by atoms with Crippen LogP contribution in [0, 0.1) is 0 Å². The Morgan fingerprint density at radius 2 is 2.14 bits per heavy atom. The van der Waals surface area contributed by atoms with Crippen molar-refractivity contribution in [3.8, 4) is 5.75 Å². The summed E-state index contributed by atoms with van der Waals surface area (Å²) >= 11 is 6.21. The van der Waals surface area contributed by atoms with Crippen LogP contribution in [0.4, 0.5) is 0 Å². The Balaban J connectivity index is 2.49. The number of ether oxygens (including phenoxy) is 1. The Labute approximate surface area is 129 Å². The molecule has 0 bridgehead atoms. The first-order valence-corrected chi connectivity index (χ1v) is 7.34. The number of rotatable bonds is 5. The molecule has 1 unspecified atom stereocenters. The smallest absolute Gasteiger partial charge is 0.240 e. The minimum absolute atomic E-state index is 0.0642. The first-order valence-electron chi connectivity index (χ1n) is 6.90. The van der Waals surface area contributed by atoms with Crippen molar-refractivity contribution in [2.24, 2.45) is 0 Å². The zero-order valence-electron chi connectivity index (χ0n) is 12.7. The third kappa shape index (κ3) is 3.29. The van der Waals surface area contributed by atoms with Crippen LogP contribution in [-0.4, -0.2) is 28.6 Å². The van der Waals surface area contributed by atoms with Gasteiger partial charge in [0.2, 0.25) is 5.91 Å². The number of hydrogen-bond acceptors (Lipinski definition) is 3. The van der Waals surface area contributed by atoms with Crippen molar-refractivity contribution in [1.29, 1.82) is 0 Å². The Bertz CT molecular complexity index is 650. The van der Waals surface area contributed by atoms with E-state index in [1.54, 1.807) is 7.11 Å². The first-order chi connectivity index (χ1) is 9.93. The molecule has 0 radical (unpaired) electrons. The summed E-state index contributed by atoms with van der Waals surface area (Å²) in [7, 11) is 1.60. The summed E-state index contributed by atoms with van der Waals surface area (Å²) in [5.41, 5.74) is 1.57. The molecule has 1 N–H and O–H groups in total. The number of amides is 1. The zero-order chi connectivity index (χ0) is 15.6. The second kappa shape index (κ2) is 6.35. The van der Waals surface area contributed by atoms with Crippen LogP contribution in [0.3, 0.4) is 0 Å². The molecule has 1 aromatic heterocycles. The van der Waals surface area contributed by atoms with Crippen molar-refractivity contribution >= 4 is 28.5 Å². The molecule has 0 aliphatic carbocycles. The molecular weight excluding hydrogens is 290 g/mol. The molecule has 114 valence electrons. The Kier molecular flexibility index (Phi) is 4.73. The number of para-hydroxylation sites is 1. The maximum atomic E-state index is 12.1. The first kappa shape index (κ1) is 15.6. The van der Waals surface area contributed by atoms with Crippen LogP contribution in [0.25, 0.3) is 11.0 Å². The number of nitrogens with zero attached hydrogens (tertiary/aromatic N) is 2. The lowest BCUT2D eigenvalue weighted by atomic mass is 10.3. The van der Waals surface area contributed by atoms with Crippen molar-refractivity contribution < 1.29 is 9.53 Å². The van der Waals surface area contributed by atoms with Gasteiger partial charge in [-0.25, -0.2) is 4.98 Å². The van der Waals surface area contributed by atoms with Crippen LogP contribution in [0.15, 0.2) is 18.2 Å². The van der Waals surface area contributed by atoms with Crippen molar-refractivity contribution in [3.05, 3.63) is 24.0 Å². The van der Waals surface area contributed by atoms with Gasteiger partial charge in [-0.3, -0.25) is 4.79 Å². The fraction of sp³-hybridized carbons (Fsp3) is 0.467. The van der Waals surface area contributed by atoms with E-state index in [1.807, 2.05) is 43.5 Å². The number of aromatic nitrogens is 2. The lowest BCUT2D eigenvalue weighted by Gasteiger charge is -2.12. The van der Waals surface area contributed by atoms with Gasteiger partial charge in [0.05, 0.1) is 18.0 Å². The zero-order valence-corrected chi connectivity index (χ0v) is 13.4. The molecule has 0 aliphatic rings. The summed E-state index contributed by atoms with van der Waals surface area (Å²) in [6.07, 6.45) is 0. The fourth-order valence-electron chi connectivity index (χ4n) is 2.29. The van der Waals surface area contributed by atoms with Gasteiger partial charge in [-0.05, 0) is 32.9 Å². The number of benzene rings is 1. The van der Waals surface area contributed by atoms with Gasteiger partial charge >= 0.3 is 0 Å². The molecule has 2 aromatic rings. The highest BCUT2D eigenvalue weighted by Gasteiger charge is 2.19. The number of halogens is 1. The van der Waals surface area contributed by atoms with E-state index in [1.165, 1.54) is 0 Å². The molecule has 0 saturated heterocycles. The molecule has 1 amide bonds. The quantitative estimate of drug-likeness (QED) is 0.864. The van der Waals surface area contributed by atoms with Crippen LogP contribution in [0.2, 0.25) is 0 Å². The average molecular weight is 310 g/mol. The maximum absolute atomic E-state index is 12.1. The summed E-state index contributed by atoms with van der Waals surface area (Å²) in [5.74, 6) is 1.27. The molecular formula is C15H20ClN3O2. The molecule has 5 nitrogen and oxygen atoms in total. The lowest BCUT2D eigenvalue weighted by molar-refractivity contribution is -0.122. The minimum Gasteiger partial charge on any atom is -0.494 e. The Hall–Kier alpha value is -1.75.